The van der Waals surface area contributed by atoms with E-state index >= 15 is 0 Å². The van der Waals surface area contributed by atoms with E-state index in [9.17, 15) is 19.5 Å². The van der Waals surface area contributed by atoms with Crippen LogP contribution in [-0.4, -0.2) is 53.7 Å². The third-order valence-corrected chi connectivity index (χ3v) is 5.23. The Morgan fingerprint density at radius 2 is 1.31 bits per heavy atom. The minimum atomic E-state index is -2.18. The number of hydrogen-bond donors (Lipinski definition) is 1. The van der Waals surface area contributed by atoms with Crippen molar-refractivity contribution >= 4 is 17.9 Å². The molecule has 0 bridgehead atoms. The van der Waals surface area contributed by atoms with Gasteiger partial charge in [0, 0.05) is 0 Å². The van der Waals surface area contributed by atoms with Crippen LogP contribution in [0.3, 0.4) is 0 Å². The number of esters is 3. The molecule has 0 spiro atoms. The molecule has 8 heteroatoms. The Morgan fingerprint density at radius 1 is 0.829 bits per heavy atom. The topological polar surface area (TPSA) is 108 Å². The summed E-state index contributed by atoms with van der Waals surface area (Å²) in [6, 6.07) is 17.4. The second kappa shape index (κ2) is 10.5. The third-order valence-electron chi connectivity index (χ3n) is 5.23. The fourth-order valence-corrected chi connectivity index (χ4v) is 3.55. The second-order valence-electron chi connectivity index (χ2n) is 7.83. The number of benzene rings is 3. The molecule has 3 aromatic carbocycles. The van der Waals surface area contributed by atoms with Crippen molar-refractivity contribution in [3.8, 4) is 0 Å². The van der Waals surface area contributed by atoms with Gasteiger partial charge in [-0.2, -0.15) is 0 Å². The zero-order valence-electron chi connectivity index (χ0n) is 21.7. The van der Waals surface area contributed by atoms with Crippen LogP contribution in [0, 0.1) is 0 Å². The van der Waals surface area contributed by atoms with Gasteiger partial charge in [0.05, 0.1) is 20.8 Å². The van der Waals surface area contributed by atoms with Crippen LogP contribution in [0.4, 0.5) is 0 Å². The first-order valence-electron chi connectivity index (χ1n) is 12.2. The maximum atomic E-state index is 13.0. The first kappa shape index (κ1) is 20.4. The standard InChI is InChI=1S/C27H24O8/c1-27(31)23(34-26(30)20-15-9-4-10-16-20)22(33-25(29)19-13-7-3-8-14-19)21(35-27)17-32-24(28)18-11-5-2-6-12-18/h2-16,21-23,31H,17H2,1H3/t21-,22-,23-,27?/m1/s1/i11D,13D,15D. The van der Waals surface area contributed by atoms with Gasteiger partial charge in [0.2, 0.25) is 5.79 Å². The highest BCUT2D eigenvalue weighted by Gasteiger charge is 2.56. The van der Waals surface area contributed by atoms with Crippen LogP contribution in [-0.2, 0) is 18.9 Å². The highest BCUT2D eigenvalue weighted by molar-refractivity contribution is 5.91. The molecular formula is C27H24O8. The number of hydrogen-bond acceptors (Lipinski definition) is 8. The van der Waals surface area contributed by atoms with Crippen molar-refractivity contribution < 1.29 is 42.5 Å². The predicted octanol–water partition coefficient (Wildman–Crippen LogP) is 3.40. The summed E-state index contributed by atoms with van der Waals surface area (Å²) in [6.45, 7) is 0.671. The minimum absolute atomic E-state index is 0.0102. The molecule has 4 atom stereocenters. The Balaban J connectivity index is 1.60. The van der Waals surface area contributed by atoms with Crippen LogP contribution >= 0.6 is 0 Å². The van der Waals surface area contributed by atoms with Crippen LogP contribution < -0.4 is 0 Å². The Morgan fingerprint density at radius 3 is 1.83 bits per heavy atom. The average molecular weight is 479 g/mol. The van der Waals surface area contributed by atoms with Crippen LogP contribution in [0.2, 0.25) is 0 Å². The van der Waals surface area contributed by atoms with Crippen molar-refractivity contribution in [2.24, 2.45) is 0 Å². The molecule has 1 saturated heterocycles. The molecule has 0 aromatic heterocycles. The minimum Gasteiger partial charge on any atom is -0.459 e. The van der Waals surface area contributed by atoms with E-state index in [1.54, 1.807) is 24.3 Å². The molecule has 180 valence electrons. The molecule has 35 heavy (non-hydrogen) atoms. The maximum absolute atomic E-state index is 13.0. The molecule has 4 rings (SSSR count). The molecule has 1 unspecified atom stereocenters. The number of carbonyl (C=O) groups excluding carboxylic acids is 3. The summed E-state index contributed by atoms with van der Waals surface area (Å²) in [5.41, 5.74) is -0.185. The van der Waals surface area contributed by atoms with Gasteiger partial charge >= 0.3 is 17.9 Å². The molecule has 1 N–H and O–H groups in total. The van der Waals surface area contributed by atoms with Crippen molar-refractivity contribution in [1.29, 1.82) is 0 Å². The molecular weight excluding hydrogens is 452 g/mol. The summed E-state index contributed by atoms with van der Waals surface area (Å²) in [5, 5.41) is 11.0. The lowest BCUT2D eigenvalue weighted by molar-refractivity contribution is -0.217. The largest absolute Gasteiger partial charge is 0.459 e. The summed E-state index contributed by atoms with van der Waals surface area (Å²) in [4.78, 5) is 38.4. The van der Waals surface area contributed by atoms with E-state index in [0.717, 1.165) is 0 Å². The number of rotatable bonds is 7. The molecule has 0 saturated carbocycles. The molecule has 1 heterocycles. The van der Waals surface area contributed by atoms with Crippen LogP contribution in [0.5, 0.6) is 0 Å². The van der Waals surface area contributed by atoms with E-state index in [0.29, 0.717) is 0 Å². The van der Waals surface area contributed by atoms with E-state index in [1.807, 2.05) is 0 Å². The van der Waals surface area contributed by atoms with E-state index < -0.39 is 48.6 Å². The van der Waals surface area contributed by atoms with Gasteiger partial charge in [-0.1, -0.05) is 54.6 Å². The monoisotopic (exact) mass is 479 g/mol. The highest BCUT2D eigenvalue weighted by atomic mass is 16.7. The van der Waals surface area contributed by atoms with Crippen LogP contribution in [0.15, 0.2) is 90.9 Å². The molecule has 1 fully saturated rings. The number of aliphatic hydroxyl groups is 1. The van der Waals surface area contributed by atoms with E-state index in [1.165, 1.54) is 55.5 Å². The summed E-state index contributed by atoms with van der Waals surface area (Å²) in [7, 11) is 0. The molecule has 0 amide bonds. The van der Waals surface area contributed by atoms with Crippen LogP contribution in [0.25, 0.3) is 0 Å². The van der Waals surface area contributed by atoms with Crippen molar-refractivity contribution in [1.82, 2.24) is 0 Å². The van der Waals surface area contributed by atoms with Crippen molar-refractivity contribution in [2.75, 3.05) is 6.61 Å². The third kappa shape index (κ3) is 5.74. The lowest BCUT2D eigenvalue weighted by Gasteiger charge is -2.26. The fraction of sp³-hybridized carbons (Fsp3) is 0.222. The van der Waals surface area contributed by atoms with Gasteiger partial charge in [0.1, 0.15) is 12.7 Å². The smallest absolute Gasteiger partial charge is 0.338 e. The predicted molar refractivity (Wildman–Crippen MR) is 124 cm³/mol. The number of carbonyl (C=O) groups is 3. The lowest BCUT2D eigenvalue weighted by atomic mass is 10.1. The molecule has 1 aliphatic heterocycles. The summed E-state index contributed by atoms with van der Waals surface area (Å²) in [6.07, 6.45) is -4.32. The molecule has 0 radical (unpaired) electrons. The zero-order chi connectivity index (χ0) is 27.4. The van der Waals surface area contributed by atoms with Crippen molar-refractivity contribution in [2.45, 2.75) is 31.0 Å². The second-order valence-corrected chi connectivity index (χ2v) is 7.83. The summed E-state index contributed by atoms with van der Waals surface area (Å²) >= 11 is 0. The Hall–Kier alpha value is -4.01. The number of ether oxygens (including phenoxy) is 4. The maximum Gasteiger partial charge on any atom is 0.338 e. The van der Waals surface area contributed by atoms with Gasteiger partial charge < -0.3 is 24.1 Å². The Bertz CT molecular complexity index is 1360. The molecule has 3 aromatic rings. The summed E-state index contributed by atoms with van der Waals surface area (Å²) < 4.78 is 45.8. The van der Waals surface area contributed by atoms with E-state index in [2.05, 4.69) is 0 Å². The lowest BCUT2D eigenvalue weighted by Crippen LogP contribution is -2.46. The Kier molecular flexibility index (Phi) is 6.11. The van der Waals surface area contributed by atoms with Gasteiger partial charge in [0.25, 0.3) is 0 Å². The average Bonchev–Trinajstić information content (AvgIpc) is 3.11. The van der Waals surface area contributed by atoms with Gasteiger partial charge in [-0.25, -0.2) is 14.4 Å². The van der Waals surface area contributed by atoms with E-state index in [-0.39, 0.29) is 34.8 Å². The molecule has 8 nitrogen and oxygen atoms in total. The first-order valence-corrected chi connectivity index (χ1v) is 10.7. The fourth-order valence-electron chi connectivity index (χ4n) is 3.55. The van der Waals surface area contributed by atoms with E-state index in [4.69, 9.17) is 23.1 Å². The zero-order valence-corrected chi connectivity index (χ0v) is 18.7. The van der Waals surface area contributed by atoms with Gasteiger partial charge in [-0.15, -0.1) is 0 Å². The van der Waals surface area contributed by atoms with Crippen molar-refractivity contribution in [3.63, 3.8) is 0 Å². The summed E-state index contributed by atoms with van der Waals surface area (Å²) in [5.74, 6) is -4.93. The van der Waals surface area contributed by atoms with Gasteiger partial charge in [-0.3, -0.25) is 0 Å². The van der Waals surface area contributed by atoms with Crippen molar-refractivity contribution in [3.05, 3.63) is 108 Å². The van der Waals surface area contributed by atoms with Gasteiger partial charge in [-0.05, 0) is 43.3 Å². The van der Waals surface area contributed by atoms with Crippen LogP contribution in [0.1, 0.15) is 42.1 Å². The normalized spacial score (nSPS) is 24.5. The quantitative estimate of drug-likeness (QED) is 0.406. The highest BCUT2D eigenvalue weighted by Crippen LogP contribution is 2.35. The molecule has 0 aliphatic carbocycles. The Labute approximate surface area is 206 Å². The SMILES string of the molecule is [2H]c1ccccc1C(=O)OC[C@H]1OC(C)(O)[C@H](OC(=O)c2ccccc2[2H])[C@@H]1OC(=O)c1ccccc1[2H]. The van der Waals surface area contributed by atoms with Gasteiger partial charge in [0.15, 0.2) is 12.2 Å². The first-order chi connectivity index (χ1) is 18.1. The molecule has 1 aliphatic rings.